The number of nitrogens with one attached hydrogen (secondary N) is 2. The third-order valence-corrected chi connectivity index (χ3v) is 3.91. The lowest BCUT2D eigenvalue weighted by Gasteiger charge is -2.11. The molecule has 0 radical (unpaired) electrons. The van der Waals surface area contributed by atoms with Gasteiger partial charge >= 0.3 is 0 Å². The molecule has 3 rings (SSSR count). The average Bonchev–Trinajstić information content (AvgIpc) is 2.65. The third-order valence-electron chi connectivity index (χ3n) is 3.91. The molecule has 0 fully saturated rings. The molecular weight excluding hydrogens is 326 g/mol. The highest BCUT2D eigenvalue weighted by Gasteiger charge is 2.11. The molecule has 1 heterocycles. The third kappa shape index (κ3) is 4.13. The van der Waals surface area contributed by atoms with E-state index in [1.807, 2.05) is 31.2 Å². The van der Waals surface area contributed by atoms with Gasteiger partial charge < -0.3 is 10.6 Å². The van der Waals surface area contributed by atoms with Crippen LogP contribution >= 0.6 is 0 Å². The normalized spacial score (nSPS) is 10.2. The van der Waals surface area contributed by atoms with Crippen molar-refractivity contribution in [2.75, 3.05) is 10.6 Å². The molecule has 0 aliphatic rings. The lowest BCUT2D eigenvalue weighted by atomic mass is 10.1. The maximum Gasteiger partial charge on any atom is 0.255 e. The average molecular weight is 345 g/mol. The van der Waals surface area contributed by atoms with Crippen molar-refractivity contribution in [3.8, 4) is 0 Å². The summed E-state index contributed by atoms with van der Waals surface area (Å²) in [6.45, 7) is 3.73. The summed E-state index contributed by atoms with van der Waals surface area (Å²) in [6.07, 6.45) is 1.57. The molecule has 2 aromatic carbocycles. The highest BCUT2D eigenvalue weighted by atomic mass is 16.2. The van der Waals surface area contributed by atoms with Crippen molar-refractivity contribution in [3.05, 3.63) is 89.2 Å². The first-order valence-electron chi connectivity index (χ1n) is 8.24. The first-order chi connectivity index (χ1) is 12.5. The van der Waals surface area contributed by atoms with Crippen LogP contribution in [0.15, 0.2) is 66.9 Å². The van der Waals surface area contributed by atoms with Gasteiger partial charge in [0.05, 0.1) is 23.3 Å². The summed E-state index contributed by atoms with van der Waals surface area (Å²) >= 11 is 0. The fraction of sp³-hybridized carbons (Fsp3) is 0.0952. The summed E-state index contributed by atoms with van der Waals surface area (Å²) in [5, 5.41) is 5.65. The summed E-state index contributed by atoms with van der Waals surface area (Å²) < 4.78 is 0. The largest absolute Gasteiger partial charge is 0.321 e. The Kier molecular flexibility index (Phi) is 5.08. The number of hydrogen-bond acceptors (Lipinski definition) is 3. The van der Waals surface area contributed by atoms with E-state index in [4.69, 9.17) is 0 Å². The second-order valence-electron chi connectivity index (χ2n) is 6.00. The minimum absolute atomic E-state index is 0.223. The minimum atomic E-state index is -0.224. The Hall–Kier alpha value is -3.47. The number of benzene rings is 2. The van der Waals surface area contributed by atoms with Gasteiger partial charge in [-0.3, -0.25) is 14.6 Å². The van der Waals surface area contributed by atoms with Gasteiger partial charge in [-0.05, 0) is 44.2 Å². The number of carbonyl (C=O) groups is 2. The Balaban J connectivity index is 1.77. The Labute approximate surface area is 152 Å². The number of aryl methyl sites for hydroxylation is 2. The number of aromatic nitrogens is 1. The monoisotopic (exact) mass is 345 g/mol. The van der Waals surface area contributed by atoms with Crippen LogP contribution < -0.4 is 10.6 Å². The number of amides is 2. The van der Waals surface area contributed by atoms with Gasteiger partial charge in [-0.15, -0.1) is 0 Å². The number of carbonyl (C=O) groups excluding carboxylic acids is 2. The lowest BCUT2D eigenvalue weighted by molar-refractivity contribution is 0.101. The topological polar surface area (TPSA) is 71.1 Å². The Morgan fingerprint density at radius 1 is 0.808 bits per heavy atom. The molecule has 130 valence electrons. The second-order valence-corrected chi connectivity index (χ2v) is 6.00. The molecule has 2 amide bonds. The predicted molar refractivity (Wildman–Crippen MR) is 103 cm³/mol. The summed E-state index contributed by atoms with van der Waals surface area (Å²) in [5.74, 6) is -0.447. The molecule has 5 nitrogen and oxygen atoms in total. The van der Waals surface area contributed by atoms with Crippen LogP contribution in [-0.2, 0) is 0 Å². The van der Waals surface area contributed by atoms with Gasteiger partial charge in [-0.1, -0.05) is 35.9 Å². The first kappa shape index (κ1) is 17.4. The molecule has 26 heavy (non-hydrogen) atoms. The van der Waals surface area contributed by atoms with E-state index in [-0.39, 0.29) is 11.8 Å². The van der Waals surface area contributed by atoms with Gasteiger partial charge in [0.2, 0.25) is 0 Å². The van der Waals surface area contributed by atoms with E-state index in [0.29, 0.717) is 28.2 Å². The number of anilines is 2. The quantitative estimate of drug-likeness (QED) is 0.744. The second kappa shape index (κ2) is 7.61. The fourth-order valence-electron chi connectivity index (χ4n) is 2.50. The van der Waals surface area contributed by atoms with E-state index < -0.39 is 0 Å². The predicted octanol–water partition coefficient (Wildman–Crippen LogP) is 4.20. The molecule has 2 N–H and O–H groups in total. The molecule has 1 aromatic heterocycles. The minimum Gasteiger partial charge on any atom is -0.321 e. The highest BCUT2D eigenvalue weighted by molar-refractivity contribution is 6.06. The summed E-state index contributed by atoms with van der Waals surface area (Å²) in [6, 6.07) is 18.0. The molecular formula is C21H19N3O2. The van der Waals surface area contributed by atoms with Gasteiger partial charge in [0.15, 0.2) is 0 Å². The molecule has 0 atom stereocenters. The maximum atomic E-state index is 12.4. The van der Waals surface area contributed by atoms with Crippen molar-refractivity contribution in [1.29, 1.82) is 0 Å². The summed E-state index contributed by atoms with van der Waals surface area (Å²) in [4.78, 5) is 29.0. The van der Waals surface area contributed by atoms with Crippen LogP contribution in [0.1, 0.15) is 32.0 Å². The molecule has 0 saturated carbocycles. The van der Waals surface area contributed by atoms with Crippen molar-refractivity contribution in [2.45, 2.75) is 13.8 Å². The molecule has 0 unspecified atom stereocenters. The zero-order valence-electron chi connectivity index (χ0n) is 14.6. The molecule has 0 aliphatic carbocycles. The Bertz CT molecular complexity index is 952. The van der Waals surface area contributed by atoms with Gasteiger partial charge in [-0.2, -0.15) is 0 Å². The Morgan fingerprint density at radius 2 is 1.50 bits per heavy atom. The van der Waals surface area contributed by atoms with Gasteiger partial charge in [0, 0.05) is 11.1 Å². The van der Waals surface area contributed by atoms with E-state index in [1.165, 1.54) is 0 Å². The highest BCUT2D eigenvalue weighted by Crippen LogP contribution is 2.19. The molecule has 0 bridgehead atoms. The van der Waals surface area contributed by atoms with Crippen LogP contribution in [-0.4, -0.2) is 16.8 Å². The molecule has 5 heteroatoms. The molecule has 0 saturated heterocycles. The smallest absolute Gasteiger partial charge is 0.255 e. The van der Waals surface area contributed by atoms with Crippen molar-refractivity contribution in [1.82, 2.24) is 4.98 Å². The van der Waals surface area contributed by atoms with E-state index in [2.05, 4.69) is 15.6 Å². The number of nitrogens with zero attached hydrogens (tertiary/aromatic N) is 1. The fourth-order valence-corrected chi connectivity index (χ4v) is 2.50. The van der Waals surface area contributed by atoms with Gasteiger partial charge in [0.25, 0.3) is 11.8 Å². The van der Waals surface area contributed by atoms with Gasteiger partial charge in [-0.25, -0.2) is 0 Å². The van der Waals surface area contributed by atoms with Crippen molar-refractivity contribution >= 4 is 23.2 Å². The van der Waals surface area contributed by atoms with Gasteiger partial charge in [0.1, 0.15) is 0 Å². The van der Waals surface area contributed by atoms with E-state index >= 15 is 0 Å². The van der Waals surface area contributed by atoms with Crippen LogP contribution in [0.3, 0.4) is 0 Å². The number of rotatable bonds is 4. The summed E-state index contributed by atoms with van der Waals surface area (Å²) in [7, 11) is 0. The van der Waals surface area contributed by atoms with Crippen molar-refractivity contribution in [2.24, 2.45) is 0 Å². The zero-order chi connectivity index (χ0) is 18.5. The SMILES string of the molecule is Cc1cccc(C(=O)Nc2cnc(C)c(NC(=O)c3ccccc3)c2)c1. The Morgan fingerprint density at radius 3 is 2.23 bits per heavy atom. The van der Waals surface area contributed by atoms with E-state index in [9.17, 15) is 9.59 Å². The standard InChI is InChI=1S/C21H19N3O2/c1-14-7-6-10-17(11-14)21(26)23-18-12-19(15(2)22-13-18)24-20(25)16-8-4-3-5-9-16/h3-13H,1-2H3,(H,23,26)(H,24,25). The van der Waals surface area contributed by atoms with Crippen LogP contribution in [0.2, 0.25) is 0 Å². The van der Waals surface area contributed by atoms with Crippen molar-refractivity contribution < 1.29 is 9.59 Å². The molecule has 0 aliphatic heterocycles. The van der Waals surface area contributed by atoms with E-state index in [1.54, 1.807) is 49.5 Å². The zero-order valence-corrected chi connectivity index (χ0v) is 14.6. The number of hydrogen-bond donors (Lipinski definition) is 2. The molecule has 3 aromatic rings. The van der Waals surface area contributed by atoms with Crippen LogP contribution in [0.5, 0.6) is 0 Å². The lowest BCUT2D eigenvalue weighted by Crippen LogP contribution is -2.15. The van der Waals surface area contributed by atoms with Crippen molar-refractivity contribution in [3.63, 3.8) is 0 Å². The molecule has 0 spiro atoms. The van der Waals surface area contributed by atoms with Crippen LogP contribution in [0.25, 0.3) is 0 Å². The van der Waals surface area contributed by atoms with Crippen LogP contribution in [0, 0.1) is 13.8 Å². The number of pyridine rings is 1. The first-order valence-corrected chi connectivity index (χ1v) is 8.24. The van der Waals surface area contributed by atoms with E-state index in [0.717, 1.165) is 5.56 Å². The maximum absolute atomic E-state index is 12.4. The summed E-state index contributed by atoms with van der Waals surface area (Å²) in [5.41, 5.74) is 3.88. The van der Waals surface area contributed by atoms with Crippen LogP contribution in [0.4, 0.5) is 11.4 Å².